The van der Waals surface area contributed by atoms with Crippen molar-refractivity contribution in [2.75, 3.05) is 38.3 Å². The summed E-state index contributed by atoms with van der Waals surface area (Å²) in [5, 5.41) is 13.8. The molecule has 2 rings (SSSR count). The number of anilines is 1. The van der Waals surface area contributed by atoms with Gasteiger partial charge in [-0.25, -0.2) is 4.79 Å². The van der Waals surface area contributed by atoms with Crippen LogP contribution in [0.25, 0.3) is 0 Å². The van der Waals surface area contributed by atoms with Crippen molar-refractivity contribution in [2.24, 2.45) is 0 Å². The fraction of sp³-hybridized carbons (Fsp3) is 0.529. The van der Waals surface area contributed by atoms with Gasteiger partial charge < -0.3 is 19.7 Å². The zero-order valence-corrected chi connectivity index (χ0v) is 15.1. The Hall–Kier alpha value is -2.68. The molecule has 9 nitrogen and oxygen atoms in total. The molecule has 1 saturated heterocycles. The van der Waals surface area contributed by atoms with E-state index in [-0.39, 0.29) is 11.3 Å². The van der Waals surface area contributed by atoms with Gasteiger partial charge in [0.05, 0.1) is 36.5 Å². The van der Waals surface area contributed by atoms with Gasteiger partial charge in [0, 0.05) is 25.2 Å². The number of nitro benzene ring substituents is 1. The third kappa shape index (κ3) is 4.10. The molecule has 9 heteroatoms. The molecule has 1 atom stereocenters. The molecule has 0 saturated carbocycles. The molecule has 1 aromatic carbocycles. The van der Waals surface area contributed by atoms with Crippen LogP contribution < -0.4 is 10.2 Å². The molecule has 0 aliphatic carbocycles. The summed E-state index contributed by atoms with van der Waals surface area (Å²) in [7, 11) is 1.24. The van der Waals surface area contributed by atoms with Crippen LogP contribution in [0.5, 0.6) is 0 Å². The van der Waals surface area contributed by atoms with Crippen LogP contribution in [-0.4, -0.2) is 55.8 Å². The third-order valence-electron chi connectivity index (χ3n) is 4.52. The van der Waals surface area contributed by atoms with Gasteiger partial charge in [0.25, 0.3) is 11.6 Å². The Morgan fingerprint density at radius 1 is 1.38 bits per heavy atom. The number of methoxy groups -OCH3 is 1. The maximum Gasteiger partial charge on any atom is 0.331 e. The van der Waals surface area contributed by atoms with Gasteiger partial charge in [-0.2, -0.15) is 0 Å². The fourth-order valence-electron chi connectivity index (χ4n) is 2.73. The molecule has 1 amide bonds. The van der Waals surface area contributed by atoms with Crippen molar-refractivity contribution < 1.29 is 24.0 Å². The van der Waals surface area contributed by atoms with Crippen molar-refractivity contribution in [3.8, 4) is 0 Å². The van der Waals surface area contributed by atoms with Crippen LogP contribution in [0.4, 0.5) is 11.4 Å². The van der Waals surface area contributed by atoms with Crippen LogP contribution in [0, 0.1) is 10.1 Å². The van der Waals surface area contributed by atoms with Gasteiger partial charge in [-0.3, -0.25) is 14.9 Å². The van der Waals surface area contributed by atoms with E-state index in [1.54, 1.807) is 19.9 Å². The van der Waals surface area contributed by atoms with E-state index in [1.807, 2.05) is 4.90 Å². The van der Waals surface area contributed by atoms with E-state index in [2.05, 4.69) is 5.32 Å². The second-order valence-electron chi connectivity index (χ2n) is 6.19. The van der Waals surface area contributed by atoms with Crippen molar-refractivity contribution in [3.05, 3.63) is 33.9 Å². The molecule has 0 bridgehead atoms. The molecule has 0 spiro atoms. The van der Waals surface area contributed by atoms with Gasteiger partial charge in [-0.15, -0.1) is 0 Å². The molecule has 26 heavy (non-hydrogen) atoms. The summed E-state index contributed by atoms with van der Waals surface area (Å²) in [6, 6.07) is 4.15. The topological polar surface area (TPSA) is 111 Å². The van der Waals surface area contributed by atoms with E-state index in [4.69, 9.17) is 9.47 Å². The van der Waals surface area contributed by atoms with Gasteiger partial charge in [-0.1, -0.05) is 6.92 Å². The first-order chi connectivity index (χ1) is 12.3. The second-order valence-corrected chi connectivity index (χ2v) is 6.19. The van der Waals surface area contributed by atoms with Crippen LogP contribution in [0.3, 0.4) is 0 Å². The predicted octanol–water partition coefficient (Wildman–Crippen LogP) is 1.50. The zero-order chi connectivity index (χ0) is 19.3. The number of nitrogens with zero attached hydrogens (tertiary/aromatic N) is 2. The monoisotopic (exact) mass is 365 g/mol. The Bertz CT molecular complexity index is 702. The summed E-state index contributed by atoms with van der Waals surface area (Å²) in [4.78, 5) is 37.4. The summed E-state index contributed by atoms with van der Waals surface area (Å²) in [6.45, 7) is 5.45. The molecule has 0 radical (unpaired) electrons. The Morgan fingerprint density at radius 2 is 2.04 bits per heavy atom. The summed E-state index contributed by atoms with van der Waals surface area (Å²) < 4.78 is 10.1. The molecule has 1 fully saturated rings. The third-order valence-corrected chi connectivity index (χ3v) is 4.52. The highest BCUT2D eigenvalue weighted by Crippen LogP contribution is 2.27. The zero-order valence-electron chi connectivity index (χ0n) is 15.1. The molecule has 1 aromatic rings. The second kappa shape index (κ2) is 8.13. The maximum absolute atomic E-state index is 12.9. The van der Waals surface area contributed by atoms with Crippen LogP contribution in [-0.2, 0) is 14.3 Å². The van der Waals surface area contributed by atoms with Crippen molar-refractivity contribution in [3.63, 3.8) is 0 Å². The molecule has 1 heterocycles. The lowest BCUT2D eigenvalue weighted by molar-refractivity contribution is -0.384. The summed E-state index contributed by atoms with van der Waals surface area (Å²) in [5.74, 6) is -1.14. The highest BCUT2D eigenvalue weighted by atomic mass is 16.6. The van der Waals surface area contributed by atoms with E-state index in [0.29, 0.717) is 38.4 Å². The van der Waals surface area contributed by atoms with Crippen molar-refractivity contribution in [1.82, 2.24) is 5.32 Å². The summed E-state index contributed by atoms with van der Waals surface area (Å²) in [5.41, 5.74) is -0.702. The minimum Gasteiger partial charge on any atom is -0.467 e. The molecule has 1 unspecified atom stereocenters. The van der Waals surface area contributed by atoms with Crippen LogP contribution in [0.2, 0.25) is 0 Å². The lowest BCUT2D eigenvalue weighted by Gasteiger charge is -2.31. The fourth-order valence-corrected chi connectivity index (χ4v) is 2.73. The first-order valence-corrected chi connectivity index (χ1v) is 8.34. The average molecular weight is 365 g/mol. The van der Waals surface area contributed by atoms with Gasteiger partial charge in [0.15, 0.2) is 0 Å². The van der Waals surface area contributed by atoms with E-state index in [0.717, 1.165) is 0 Å². The average Bonchev–Trinajstić information content (AvgIpc) is 2.67. The minimum atomic E-state index is -1.22. The number of nitro groups is 1. The SMILES string of the molecule is CCC(C)(NC(=O)c1cc([N+](=O)[O-])ccc1N1CCOCC1)C(=O)OC. The highest BCUT2D eigenvalue weighted by Gasteiger charge is 2.35. The van der Waals surface area contributed by atoms with E-state index < -0.39 is 22.3 Å². The minimum absolute atomic E-state index is 0.143. The highest BCUT2D eigenvalue weighted by molar-refractivity contribution is 6.03. The lowest BCUT2D eigenvalue weighted by atomic mass is 9.98. The number of hydrogen-bond acceptors (Lipinski definition) is 7. The van der Waals surface area contributed by atoms with Crippen LogP contribution >= 0.6 is 0 Å². The number of amides is 1. The van der Waals surface area contributed by atoms with Gasteiger partial charge in [0.2, 0.25) is 0 Å². The number of morpholine rings is 1. The predicted molar refractivity (Wildman–Crippen MR) is 94.3 cm³/mol. The number of rotatable bonds is 6. The van der Waals surface area contributed by atoms with Crippen molar-refractivity contribution in [2.45, 2.75) is 25.8 Å². The first kappa shape index (κ1) is 19.6. The molecule has 1 N–H and O–H groups in total. The van der Waals surface area contributed by atoms with Gasteiger partial charge in [0.1, 0.15) is 5.54 Å². The van der Waals surface area contributed by atoms with Crippen LogP contribution in [0.15, 0.2) is 18.2 Å². The Balaban J connectivity index is 2.40. The number of ether oxygens (including phenoxy) is 2. The Kier molecular flexibility index (Phi) is 6.14. The number of esters is 1. The standard InChI is InChI=1S/C17H23N3O6/c1-4-17(2,16(22)25-3)18-15(21)13-11-12(20(23)24)5-6-14(13)19-7-9-26-10-8-19/h5-6,11H,4,7-10H2,1-3H3,(H,18,21). The number of hydrogen-bond donors (Lipinski definition) is 1. The van der Waals surface area contributed by atoms with Gasteiger partial charge in [-0.05, 0) is 19.4 Å². The first-order valence-electron chi connectivity index (χ1n) is 8.34. The van der Waals surface area contributed by atoms with Crippen molar-refractivity contribution in [1.29, 1.82) is 0 Å². The molecule has 1 aliphatic heterocycles. The lowest BCUT2D eigenvalue weighted by Crippen LogP contribution is -2.52. The molecule has 142 valence electrons. The summed E-state index contributed by atoms with van der Waals surface area (Å²) in [6.07, 6.45) is 0.313. The molecular formula is C17H23N3O6. The number of non-ortho nitro benzene ring substituents is 1. The maximum atomic E-state index is 12.9. The quantitative estimate of drug-likeness (QED) is 0.462. The molecule has 1 aliphatic rings. The Labute approximate surface area is 151 Å². The number of carbonyl (C=O) groups is 2. The molecular weight excluding hydrogens is 342 g/mol. The molecule has 0 aromatic heterocycles. The normalized spacial score (nSPS) is 16.5. The Morgan fingerprint density at radius 3 is 2.58 bits per heavy atom. The number of nitrogens with one attached hydrogen (secondary N) is 1. The van der Waals surface area contributed by atoms with Crippen LogP contribution in [0.1, 0.15) is 30.6 Å². The largest absolute Gasteiger partial charge is 0.467 e. The van der Waals surface area contributed by atoms with E-state index in [1.165, 1.54) is 19.2 Å². The number of carbonyl (C=O) groups excluding carboxylic acids is 2. The number of benzene rings is 1. The van der Waals surface area contributed by atoms with Crippen molar-refractivity contribution >= 4 is 23.3 Å². The summed E-state index contributed by atoms with van der Waals surface area (Å²) >= 11 is 0. The van der Waals surface area contributed by atoms with Gasteiger partial charge >= 0.3 is 5.97 Å². The smallest absolute Gasteiger partial charge is 0.331 e. The van der Waals surface area contributed by atoms with E-state index in [9.17, 15) is 19.7 Å². The van der Waals surface area contributed by atoms with E-state index >= 15 is 0 Å².